The third-order valence-corrected chi connectivity index (χ3v) is 10.8. The molecule has 8 N–H and O–H groups in total. The van der Waals surface area contributed by atoms with Crippen molar-refractivity contribution >= 4 is 35.4 Å². The van der Waals surface area contributed by atoms with Gasteiger partial charge in [-0.3, -0.25) is 28.8 Å². The number of carbonyl (C=O) groups excluding carboxylic acids is 6. The molecule has 6 amide bonds. The van der Waals surface area contributed by atoms with Gasteiger partial charge < -0.3 is 51.6 Å². The van der Waals surface area contributed by atoms with E-state index in [9.17, 15) is 47.8 Å². The molecule has 4 aliphatic rings. The number of fused-ring (bicyclic) bond motifs is 6. The van der Waals surface area contributed by atoms with Gasteiger partial charge in [0, 0.05) is 65.2 Å². The van der Waals surface area contributed by atoms with Crippen molar-refractivity contribution in [3.63, 3.8) is 0 Å². The minimum absolute atomic E-state index is 0.173. The van der Waals surface area contributed by atoms with E-state index in [1.165, 1.54) is 48.2 Å². The standard InChI is InChI=1S/2C21H20FN5O5/c2*1-24-19(29)15-16(18(23)28)25-27-13-9-11(3-4-14(13)32-10-12(22)17(15)27)5-6-21(31)7-8-26(2)20(21)30/h2*3-4,9,12,31H,7-8,10H2,1-2H3,(H2,23,28)(H,24,29)/t12-,21+;12-,21-/m10/s1. The number of carbonyl (C=O) groups is 6. The molecule has 4 aliphatic heterocycles. The summed E-state index contributed by atoms with van der Waals surface area (Å²) in [7, 11) is 5.83. The van der Waals surface area contributed by atoms with Crippen LogP contribution in [0.4, 0.5) is 8.78 Å². The van der Waals surface area contributed by atoms with Crippen molar-refractivity contribution in [3.8, 4) is 46.6 Å². The van der Waals surface area contributed by atoms with E-state index in [0.29, 0.717) is 24.2 Å². The van der Waals surface area contributed by atoms with E-state index in [1.54, 1.807) is 26.2 Å². The quantitative estimate of drug-likeness (QED) is 0.140. The van der Waals surface area contributed by atoms with Crippen molar-refractivity contribution in [2.75, 3.05) is 54.5 Å². The fraction of sp³-hybridized carbons (Fsp3) is 0.333. The number of hydrogen-bond acceptors (Lipinski definition) is 12. The monoisotopic (exact) mass is 882 g/mol. The first kappa shape index (κ1) is 44.2. The molecule has 2 saturated heterocycles. The van der Waals surface area contributed by atoms with Crippen molar-refractivity contribution in [1.29, 1.82) is 0 Å². The summed E-state index contributed by atoms with van der Waals surface area (Å²) in [6.07, 6.45) is -3.18. The van der Waals surface area contributed by atoms with Gasteiger partial charge in [-0.1, -0.05) is 23.7 Å². The molecule has 6 heterocycles. The molecule has 0 radical (unpaired) electrons. The van der Waals surface area contributed by atoms with Gasteiger partial charge in [-0.2, -0.15) is 10.2 Å². The van der Waals surface area contributed by atoms with Crippen LogP contribution >= 0.6 is 0 Å². The average molecular weight is 883 g/mol. The smallest absolute Gasteiger partial charge is 0.270 e. The molecule has 0 aliphatic carbocycles. The van der Waals surface area contributed by atoms with Crippen molar-refractivity contribution in [2.24, 2.45) is 11.5 Å². The summed E-state index contributed by atoms with van der Waals surface area (Å²) in [5.74, 6) is 6.84. The van der Waals surface area contributed by atoms with E-state index in [4.69, 9.17) is 20.9 Å². The second-order valence-corrected chi connectivity index (χ2v) is 15.0. The number of primary amides is 2. The van der Waals surface area contributed by atoms with Crippen LogP contribution in [-0.4, -0.2) is 141 Å². The van der Waals surface area contributed by atoms with Gasteiger partial charge in [0.2, 0.25) is 11.2 Å². The number of likely N-dealkylation sites (tertiary alicyclic amines) is 2. The zero-order valence-corrected chi connectivity index (χ0v) is 34.6. The Bertz CT molecular complexity index is 2610. The summed E-state index contributed by atoms with van der Waals surface area (Å²) in [6, 6.07) is 9.21. The molecule has 2 aromatic heterocycles. The number of amides is 6. The highest BCUT2D eigenvalue weighted by Crippen LogP contribution is 2.38. The number of aromatic nitrogens is 4. The van der Waals surface area contributed by atoms with Crippen LogP contribution in [0.1, 0.15) is 89.4 Å². The molecule has 64 heavy (non-hydrogen) atoms. The number of aliphatic hydroxyl groups is 2. The van der Waals surface area contributed by atoms with Crippen LogP contribution in [0, 0.1) is 23.7 Å². The summed E-state index contributed by atoms with van der Waals surface area (Å²) in [6.45, 7) is -0.0531. The molecule has 20 nitrogen and oxygen atoms in total. The van der Waals surface area contributed by atoms with Gasteiger partial charge >= 0.3 is 0 Å². The van der Waals surface area contributed by atoms with Gasteiger partial charge in [0.25, 0.3) is 35.4 Å². The lowest BCUT2D eigenvalue weighted by Crippen LogP contribution is -2.37. The number of rotatable bonds is 4. The number of alkyl halides is 2. The van der Waals surface area contributed by atoms with Crippen LogP contribution in [0.15, 0.2) is 36.4 Å². The van der Waals surface area contributed by atoms with E-state index in [0.717, 1.165) is 9.36 Å². The Balaban J connectivity index is 0.000000191. The predicted molar refractivity (Wildman–Crippen MR) is 218 cm³/mol. The van der Waals surface area contributed by atoms with Crippen LogP contribution in [-0.2, 0) is 9.59 Å². The minimum atomic E-state index is -1.79. The van der Waals surface area contributed by atoms with Gasteiger partial charge in [0.05, 0.1) is 22.5 Å². The molecule has 8 rings (SSSR count). The summed E-state index contributed by atoms with van der Waals surface area (Å²) in [4.78, 5) is 75.6. The normalized spacial score (nSPS) is 21.6. The number of likely N-dealkylation sites (N-methyl/N-ethyl adjacent to an activating group) is 2. The summed E-state index contributed by atoms with van der Waals surface area (Å²) < 4.78 is 43.2. The number of benzene rings is 2. The first-order valence-electron chi connectivity index (χ1n) is 19.5. The number of ether oxygens (including phenoxy) is 2. The lowest BCUT2D eigenvalue weighted by molar-refractivity contribution is -0.138. The van der Waals surface area contributed by atoms with E-state index in [-0.39, 0.29) is 69.6 Å². The largest absolute Gasteiger partial charge is 0.488 e. The van der Waals surface area contributed by atoms with Crippen molar-refractivity contribution in [3.05, 3.63) is 81.4 Å². The first-order valence-corrected chi connectivity index (χ1v) is 19.5. The lowest BCUT2D eigenvalue weighted by Gasteiger charge is -2.13. The van der Waals surface area contributed by atoms with Crippen LogP contribution < -0.4 is 31.6 Å². The zero-order chi connectivity index (χ0) is 46.4. The Morgan fingerprint density at radius 3 is 1.41 bits per heavy atom. The molecule has 4 aromatic rings. The summed E-state index contributed by atoms with van der Waals surface area (Å²) in [5.41, 5.74) is 6.76. The third kappa shape index (κ3) is 7.80. The van der Waals surface area contributed by atoms with E-state index in [2.05, 4.69) is 44.5 Å². The fourth-order valence-corrected chi connectivity index (χ4v) is 7.39. The van der Waals surface area contributed by atoms with Crippen molar-refractivity contribution in [1.82, 2.24) is 40.0 Å². The topological polar surface area (TPSA) is 280 Å². The van der Waals surface area contributed by atoms with E-state index < -0.39 is 72.2 Å². The van der Waals surface area contributed by atoms with Gasteiger partial charge in [-0.05, 0) is 36.4 Å². The lowest BCUT2D eigenvalue weighted by atomic mass is 10.0. The highest BCUT2D eigenvalue weighted by atomic mass is 19.1. The molecule has 2 aromatic carbocycles. The maximum atomic E-state index is 15.0. The Morgan fingerprint density at radius 2 is 1.09 bits per heavy atom. The minimum Gasteiger partial charge on any atom is -0.488 e. The molecule has 332 valence electrons. The third-order valence-electron chi connectivity index (χ3n) is 10.8. The first-order chi connectivity index (χ1) is 30.3. The fourth-order valence-electron chi connectivity index (χ4n) is 7.39. The zero-order valence-electron chi connectivity index (χ0n) is 34.6. The van der Waals surface area contributed by atoms with Crippen molar-refractivity contribution in [2.45, 2.75) is 36.4 Å². The van der Waals surface area contributed by atoms with Crippen LogP contribution in [0.25, 0.3) is 11.4 Å². The maximum Gasteiger partial charge on any atom is 0.270 e. The summed E-state index contributed by atoms with van der Waals surface area (Å²) >= 11 is 0. The number of nitrogens with zero attached hydrogens (tertiary/aromatic N) is 6. The number of hydrogen-bond donors (Lipinski definition) is 6. The van der Waals surface area contributed by atoms with Gasteiger partial charge in [-0.15, -0.1) is 0 Å². The van der Waals surface area contributed by atoms with Gasteiger partial charge in [0.1, 0.15) is 36.1 Å². The van der Waals surface area contributed by atoms with Crippen LogP contribution in [0.3, 0.4) is 0 Å². The molecule has 0 saturated carbocycles. The molecule has 22 heteroatoms. The molecule has 0 unspecified atom stereocenters. The maximum absolute atomic E-state index is 15.0. The molecule has 0 spiro atoms. The molecule has 4 atom stereocenters. The average Bonchev–Trinajstić information content (AvgIpc) is 3.98. The van der Waals surface area contributed by atoms with Crippen molar-refractivity contribution < 1.29 is 57.2 Å². The Morgan fingerprint density at radius 1 is 0.719 bits per heavy atom. The highest BCUT2D eigenvalue weighted by molar-refractivity contribution is 6.07. The predicted octanol–water partition coefficient (Wildman–Crippen LogP) is -0.643. The Labute approximate surface area is 362 Å². The molecule has 2 fully saturated rings. The molecular weight excluding hydrogens is 843 g/mol. The van der Waals surface area contributed by atoms with Crippen LogP contribution in [0.5, 0.6) is 11.5 Å². The number of halogens is 2. The highest BCUT2D eigenvalue weighted by Gasteiger charge is 2.44. The Hall–Kier alpha value is -7.82. The Kier molecular flexibility index (Phi) is 11.6. The van der Waals surface area contributed by atoms with Crippen LogP contribution in [0.2, 0.25) is 0 Å². The number of nitrogens with one attached hydrogen (secondary N) is 2. The number of nitrogens with two attached hydrogens (primary N) is 2. The molecular formula is C42H40F2N10O10. The second-order valence-electron chi connectivity index (χ2n) is 15.0. The SMILES string of the molecule is CNC(=O)c1c(C(N)=O)nn2c1[C@@H](F)COc1ccc(C#C[C@]3(O)CCN(C)C3=O)cc1-2.CNC(=O)c1c(C(N)=O)nn2c1[C@H](F)COc1ccc(C#C[C@]3(O)CCN(C)C3=O)cc1-2. The van der Waals surface area contributed by atoms with E-state index in [1.807, 2.05) is 0 Å². The van der Waals surface area contributed by atoms with Gasteiger partial charge in [-0.25, -0.2) is 18.1 Å². The summed E-state index contributed by atoms with van der Waals surface area (Å²) in [5, 5.41) is 33.9. The molecule has 0 bridgehead atoms. The van der Waals surface area contributed by atoms with Gasteiger partial charge in [0.15, 0.2) is 23.7 Å². The van der Waals surface area contributed by atoms with E-state index >= 15 is 0 Å². The second kappa shape index (κ2) is 16.8.